The van der Waals surface area contributed by atoms with Crippen molar-refractivity contribution in [2.75, 3.05) is 32.1 Å². The first-order valence-electron chi connectivity index (χ1n) is 8.06. The van der Waals surface area contributed by atoms with Crippen LogP contribution in [0.1, 0.15) is 32.8 Å². The lowest BCUT2D eigenvalue weighted by molar-refractivity contribution is -0.130. The van der Waals surface area contributed by atoms with Gasteiger partial charge in [-0.25, -0.2) is 0 Å². The molecule has 0 saturated carbocycles. The molecule has 0 aromatic heterocycles. The Bertz CT molecular complexity index is 566. The molecule has 1 aliphatic heterocycles. The fourth-order valence-electron chi connectivity index (χ4n) is 2.68. The standard InChI is InChI=1S/C18H28N2O3/c1-18(2,3)16(21)12-20-9-8-17(22)19(4)11-13-10-14(23-5)6-7-15(13)20/h6-7,10,16,21H,8-9,11-12H2,1-5H3. The van der Waals surface area contributed by atoms with E-state index in [1.807, 2.05) is 46.0 Å². The van der Waals surface area contributed by atoms with Crippen molar-refractivity contribution in [1.29, 1.82) is 0 Å². The van der Waals surface area contributed by atoms with Crippen LogP contribution in [0.5, 0.6) is 5.75 Å². The Labute approximate surface area is 138 Å². The fourth-order valence-corrected chi connectivity index (χ4v) is 2.68. The molecule has 1 atom stereocenters. The highest BCUT2D eigenvalue weighted by Gasteiger charge is 2.27. The average Bonchev–Trinajstić information content (AvgIpc) is 2.48. The Morgan fingerprint density at radius 3 is 2.65 bits per heavy atom. The number of amides is 1. The predicted molar refractivity (Wildman–Crippen MR) is 91.8 cm³/mol. The second kappa shape index (κ2) is 6.79. The van der Waals surface area contributed by atoms with Crippen LogP contribution < -0.4 is 9.64 Å². The molecule has 0 fully saturated rings. The first kappa shape index (κ1) is 17.6. The van der Waals surface area contributed by atoms with E-state index >= 15 is 0 Å². The molecule has 2 rings (SSSR count). The number of aliphatic hydroxyl groups excluding tert-OH is 1. The number of methoxy groups -OCH3 is 1. The third-order valence-electron chi connectivity index (χ3n) is 4.45. The molecule has 0 radical (unpaired) electrons. The molecule has 1 amide bonds. The van der Waals surface area contributed by atoms with Crippen molar-refractivity contribution in [3.05, 3.63) is 23.8 Å². The Morgan fingerprint density at radius 1 is 1.35 bits per heavy atom. The van der Waals surface area contributed by atoms with Crippen molar-refractivity contribution in [1.82, 2.24) is 4.90 Å². The number of fused-ring (bicyclic) bond motifs is 1. The van der Waals surface area contributed by atoms with E-state index in [4.69, 9.17) is 4.74 Å². The van der Waals surface area contributed by atoms with Gasteiger partial charge in [-0.1, -0.05) is 20.8 Å². The quantitative estimate of drug-likeness (QED) is 0.928. The van der Waals surface area contributed by atoms with E-state index in [-0.39, 0.29) is 11.3 Å². The summed E-state index contributed by atoms with van der Waals surface area (Å²) in [7, 11) is 3.46. The van der Waals surface area contributed by atoms with Gasteiger partial charge in [0.1, 0.15) is 5.75 Å². The minimum Gasteiger partial charge on any atom is -0.497 e. The van der Waals surface area contributed by atoms with Crippen LogP contribution in [0.25, 0.3) is 0 Å². The van der Waals surface area contributed by atoms with Gasteiger partial charge in [-0.2, -0.15) is 0 Å². The zero-order chi connectivity index (χ0) is 17.2. The van der Waals surface area contributed by atoms with Crippen LogP contribution in [0.15, 0.2) is 18.2 Å². The summed E-state index contributed by atoms with van der Waals surface area (Å²) in [6, 6.07) is 5.92. The van der Waals surface area contributed by atoms with Gasteiger partial charge in [-0.15, -0.1) is 0 Å². The second-order valence-electron chi connectivity index (χ2n) is 7.32. The van der Waals surface area contributed by atoms with Crippen molar-refractivity contribution >= 4 is 11.6 Å². The van der Waals surface area contributed by atoms with Gasteiger partial charge in [0.2, 0.25) is 5.91 Å². The zero-order valence-corrected chi connectivity index (χ0v) is 14.8. The summed E-state index contributed by atoms with van der Waals surface area (Å²) in [5.41, 5.74) is 1.91. The van der Waals surface area contributed by atoms with Gasteiger partial charge in [-0.05, 0) is 29.2 Å². The summed E-state index contributed by atoms with van der Waals surface area (Å²) < 4.78 is 5.31. The van der Waals surface area contributed by atoms with E-state index in [9.17, 15) is 9.90 Å². The summed E-state index contributed by atoms with van der Waals surface area (Å²) >= 11 is 0. The second-order valence-corrected chi connectivity index (χ2v) is 7.32. The van der Waals surface area contributed by atoms with Crippen molar-refractivity contribution in [2.24, 2.45) is 5.41 Å². The Kier molecular flexibility index (Phi) is 5.19. The number of hydrogen-bond acceptors (Lipinski definition) is 4. The van der Waals surface area contributed by atoms with Crippen molar-refractivity contribution in [2.45, 2.75) is 39.8 Å². The van der Waals surface area contributed by atoms with Crippen molar-refractivity contribution in [3.63, 3.8) is 0 Å². The van der Waals surface area contributed by atoms with Crippen LogP contribution in [0.4, 0.5) is 5.69 Å². The SMILES string of the molecule is COc1ccc2c(c1)CN(C)C(=O)CCN2CC(O)C(C)(C)C. The molecular weight excluding hydrogens is 292 g/mol. The molecule has 1 N–H and O–H groups in total. The molecule has 1 aromatic carbocycles. The Balaban J connectivity index is 2.36. The minimum absolute atomic E-state index is 0.119. The number of aliphatic hydroxyl groups is 1. The molecule has 128 valence electrons. The van der Waals surface area contributed by atoms with Gasteiger partial charge in [0.15, 0.2) is 0 Å². The van der Waals surface area contributed by atoms with E-state index < -0.39 is 6.10 Å². The molecule has 1 aromatic rings. The first-order chi connectivity index (χ1) is 10.7. The van der Waals surface area contributed by atoms with E-state index in [1.165, 1.54) is 0 Å². The van der Waals surface area contributed by atoms with Crippen LogP contribution in [-0.4, -0.2) is 49.3 Å². The summed E-state index contributed by atoms with van der Waals surface area (Å²) in [4.78, 5) is 16.0. The van der Waals surface area contributed by atoms with Gasteiger partial charge >= 0.3 is 0 Å². The monoisotopic (exact) mass is 320 g/mol. The van der Waals surface area contributed by atoms with Gasteiger partial charge in [0.05, 0.1) is 13.2 Å². The van der Waals surface area contributed by atoms with Crippen LogP contribution in [0.2, 0.25) is 0 Å². The lowest BCUT2D eigenvalue weighted by Crippen LogP contribution is -2.43. The Morgan fingerprint density at radius 2 is 2.04 bits per heavy atom. The summed E-state index contributed by atoms with van der Waals surface area (Å²) in [6.45, 7) is 7.74. The molecule has 5 heteroatoms. The van der Waals surface area contributed by atoms with E-state index in [2.05, 4.69) is 4.90 Å². The van der Waals surface area contributed by atoms with Gasteiger partial charge in [0.25, 0.3) is 0 Å². The number of carbonyl (C=O) groups excluding carboxylic acids is 1. The van der Waals surface area contributed by atoms with Gasteiger partial charge < -0.3 is 19.6 Å². The zero-order valence-electron chi connectivity index (χ0n) is 14.8. The summed E-state index contributed by atoms with van der Waals surface area (Å²) in [6.07, 6.45) is -0.0107. The normalized spacial score (nSPS) is 17.4. The number of ether oxygens (including phenoxy) is 1. The van der Waals surface area contributed by atoms with Crippen molar-refractivity contribution in [3.8, 4) is 5.75 Å². The molecular formula is C18H28N2O3. The fraction of sp³-hybridized carbons (Fsp3) is 0.611. The molecule has 23 heavy (non-hydrogen) atoms. The molecule has 1 unspecified atom stereocenters. The number of hydrogen-bond donors (Lipinski definition) is 1. The maximum Gasteiger partial charge on any atom is 0.224 e. The number of carbonyl (C=O) groups is 1. The third kappa shape index (κ3) is 4.16. The third-order valence-corrected chi connectivity index (χ3v) is 4.45. The number of anilines is 1. The molecule has 1 aliphatic rings. The predicted octanol–water partition coefficient (Wildman–Crippen LogP) is 2.27. The molecule has 1 heterocycles. The van der Waals surface area contributed by atoms with Crippen LogP contribution >= 0.6 is 0 Å². The number of benzene rings is 1. The first-order valence-corrected chi connectivity index (χ1v) is 8.06. The Hall–Kier alpha value is -1.75. The van der Waals surface area contributed by atoms with Crippen LogP contribution in [0.3, 0.4) is 0 Å². The molecule has 0 saturated heterocycles. The van der Waals surface area contributed by atoms with E-state index in [1.54, 1.807) is 12.0 Å². The van der Waals surface area contributed by atoms with Gasteiger partial charge in [0, 0.05) is 38.8 Å². The average molecular weight is 320 g/mol. The van der Waals surface area contributed by atoms with E-state index in [0.717, 1.165) is 17.0 Å². The molecule has 0 bridgehead atoms. The topological polar surface area (TPSA) is 53.0 Å². The maximum atomic E-state index is 12.2. The lowest BCUT2D eigenvalue weighted by Gasteiger charge is -2.36. The number of rotatable bonds is 3. The highest BCUT2D eigenvalue weighted by Crippen LogP contribution is 2.30. The number of nitrogens with zero attached hydrogens (tertiary/aromatic N) is 2. The maximum absolute atomic E-state index is 12.2. The summed E-state index contributed by atoms with van der Waals surface area (Å²) in [5, 5.41) is 10.5. The van der Waals surface area contributed by atoms with Crippen LogP contribution in [0, 0.1) is 5.41 Å². The van der Waals surface area contributed by atoms with E-state index in [0.29, 0.717) is 26.1 Å². The summed E-state index contributed by atoms with van der Waals surface area (Å²) in [5.74, 6) is 0.898. The van der Waals surface area contributed by atoms with Crippen molar-refractivity contribution < 1.29 is 14.6 Å². The molecule has 0 aliphatic carbocycles. The minimum atomic E-state index is -0.468. The highest BCUT2D eigenvalue weighted by atomic mass is 16.5. The van der Waals surface area contributed by atoms with Crippen LogP contribution in [-0.2, 0) is 11.3 Å². The largest absolute Gasteiger partial charge is 0.497 e. The molecule has 0 spiro atoms. The molecule has 5 nitrogen and oxygen atoms in total. The lowest BCUT2D eigenvalue weighted by atomic mass is 9.88. The smallest absolute Gasteiger partial charge is 0.224 e. The number of β-amino-alcohol motifs (C(OH)–C–C–N with tert-alkyl or cyclic N) is 1. The van der Waals surface area contributed by atoms with Gasteiger partial charge in [-0.3, -0.25) is 4.79 Å². The highest BCUT2D eigenvalue weighted by molar-refractivity contribution is 5.77.